The van der Waals surface area contributed by atoms with Crippen LogP contribution >= 0.6 is 0 Å². The smallest absolute Gasteiger partial charge is 0.162 e. The van der Waals surface area contributed by atoms with Crippen molar-refractivity contribution in [1.29, 1.82) is 0 Å². The lowest BCUT2D eigenvalue weighted by atomic mass is 10.0. The van der Waals surface area contributed by atoms with Crippen LogP contribution in [0, 0.1) is 0 Å². The number of nitrogens with zero attached hydrogens (tertiary/aromatic N) is 5. The van der Waals surface area contributed by atoms with Gasteiger partial charge in [0.1, 0.15) is 0 Å². The number of hydrogen-bond acceptors (Lipinski definition) is 5. The number of fused-ring (bicyclic) bond motifs is 1. The van der Waals surface area contributed by atoms with E-state index in [2.05, 4.69) is 55.1 Å². The minimum absolute atomic E-state index is 0.397. The number of anilines is 1. The zero-order chi connectivity index (χ0) is 14.9. The summed E-state index contributed by atoms with van der Waals surface area (Å²) in [6, 6.07) is 4.77. The maximum atomic E-state index is 4.50. The van der Waals surface area contributed by atoms with Gasteiger partial charge in [0.15, 0.2) is 11.5 Å². The molecule has 0 bridgehead atoms. The highest BCUT2D eigenvalue weighted by Crippen LogP contribution is 2.29. The van der Waals surface area contributed by atoms with Crippen molar-refractivity contribution in [3.63, 3.8) is 0 Å². The SMILES string of the molecule is CN1CCCCC1c1nnc2cc(N3CCNCC3)ccn12. The van der Waals surface area contributed by atoms with Gasteiger partial charge >= 0.3 is 0 Å². The molecule has 2 aliphatic heterocycles. The van der Waals surface area contributed by atoms with Gasteiger partial charge in [-0.05, 0) is 32.5 Å². The number of piperazine rings is 1. The maximum absolute atomic E-state index is 4.50. The Morgan fingerprint density at radius 2 is 2.00 bits per heavy atom. The first kappa shape index (κ1) is 14.0. The van der Waals surface area contributed by atoms with Crippen LogP contribution in [-0.4, -0.2) is 59.3 Å². The van der Waals surface area contributed by atoms with Crippen molar-refractivity contribution in [2.24, 2.45) is 0 Å². The van der Waals surface area contributed by atoms with E-state index in [4.69, 9.17) is 0 Å². The molecule has 22 heavy (non-hydrogen) atoms. The lowest BCUT2D eigenvalue weighted by Gasteiger charge is -2.31. The van der Waals surface area contributed by atoms with Crippen LogP contribution in [0.4, 0.5) is 5.69 Å². The number of pyridine rings is 1. The average molecular weight is 300 g/mol. The van der Waals surface area contributed by atoms with E-state index in [1.165, 1.54) is 24.9 Å². The lowest BCUT2D eigenvalue weighted by molar-refractivity contribution is 0.178. The van der Waals surface area contributed by atoms with E-state index in [0.29, 0.717) is 6.04 Å². The Labute approximate surface area is 131 Å². The fraction of sp³-hybridized carbons (Fsp3) is 0.625. The zero-order valence-electron chi connectivity index (χ0n) is 13.2. The van der Waals surface area contributed by atoms with Gasteiger partial charge in [0.05, 0.1) is 6.04 Å². The van der Waals surface area contributed by atoms with Crippen LogP contribution in [0.15, 0.2) is 18.3 Å². The van der Waals surface area contributed by atoms with Gasteiger partial charge in [-0.25, -0.2) is 0 Å². The van der Waals surface area contributed by atoms with Gasteiger partial charge in [-0.2, -0.15) is 0 Å². The standard InChI is InChI=1S/C16H24N6/c1-20-8-3-2-4-14(20)16-19-18-15-12-13(5-9-22(15)16)21-10-6-17-7-11-21/h5,9,12,14,17H,2-4,6-8,10-11H2,1H3. The second kappa shape index (κ2) is 5.85. The summed E-state index contributed by atoms with van der Waals surface area (Å²) in [5, 5.41) is 12.3. The molecule has 2 aromatic heterocycles. The Hall–Kier alpha value is -1.66. The van der Waals surface area contributed by atoms with Crippen LogP contribution in [-0.2, 0) is 0 Å². The molecule has 1 unspecified atom stereocenters. The normalized spacial score (nSPS) is 24.0. The summed E-state index contributed by atoms with van der Waals surface area (Å²) in [6.07, 6.45) is 5.89. The molecule has 2 aromatic rings. The molecule has 0 spiro atoms. The fourth-order valence-electron chi connectivity index (χ4n) is 3.65. The summed E-state index contributed by atoms with van der Waals surface area (Å²) in [6.45, 7) is 5.37. The maximum Gasteiger partial charge on any atom is 0.162 e. The van der Waals surface area contributed by atoms with E-state index < -0.39 is 0 Å². The molecule has 118 valence electrons. The Morgan fingerprint density at radius 1 is 1.14 bits per heavy atom. The molecule has 4 rings (SSSR count). The van der Waals surface area contributed by atoms with Crippen molar-refractivity contribution in [2.75, 3.05) is 44.7 Å². The van der Waals surface area contributed by atoms with Gasteiger partial charge in [0.25, 0.3) is 0 Å². The van der Waals surface area contributed by atoms with Crippen molar-refractivity contribution >= 4 is 11.3 Å². The van der Waals surface area contributed by atoms with Crippen molar-refractivity contribution in [2.45, 2.75) is 25.3 Å². The average Bonchev–Trinajstić information content (AvgIpc) is 2.99. The summed E-state index contributed by atoms with van der Waals surface area (Å²) >= 11 is 0. The predicted octanol–water partition coefficient (Wildman–Crippen LogP) is 1.30. The lowest BCUT2D eigenvalue weighted by Crippen LogP contribution is -2.43. The van der Waals surface area contributed by atoms with Crippen LogP contribution < -0.4 is 10.2 Å². The van der Waals surface area contributed by atoms with Gasteiger partial charge in [-0.15, -0.1) is 10.2 Å². The molecule has 6 nitrogen and oxygen atoms in total. The van der Waals surface area contributed by atoms with E-state index >= 15 is 0 Å². The van der Waals surface area contributed by atoms with Gasteiger partial charge < -0.3 is 10.2 Å². The highest BCUT2D eigenvalue weighted by molar-refractivity contribution is 5.56. The first-order valence-electron chi connectivity index (χ1n) is 8.33. The summed E-state index contributed by atoms with van der Waals surface area (Å²) < 4.78 is 2.16. The fourth-order valence-corrected chi connectivity index (χ4v) is 3.65. The number of hydrogen-bond donors (Lipinski definition) is 1. The van der Waals surface area contributed by atoms with Crippen molar-refractivity contribution in [3.05, 3.63) is 24.2 Å². The largest absolute Gasteiger partial charge is 0.369 e. The molecule has 6 heteroatoms. The first-order chi connectivity index (χ1) is 10.8. The van der Waals surface area contributed by atoms with E-state index in [-0.39, 0.29) is 0 Å². The quantitative estimate of drug-likeness (QED) is 0.906. The van der Waals surface area contributed by atoms with Crippen LogP contribution in [0.2, 0.25) is 0 Å². The van der Waals surface area contributed by atoms with Crippen molar-refractivity contribution in [1.82, 2.24) is 24.8 Å². The summed E-state index contributed by atoms with van der Waals surface area (Å²) in [7, 11) is 2.19. The molecule has 2 aliphatic rings. The molecule has 0 aromatic carbocycles. The molecule has 4 heterocycles. The van der Waals surface area contributed by atoms with E-state index in [9.17, 15) is 0 Å². The molecular formula is C16H24N6. The molecule has 2 fully saturated rings. The molecule has 0 saturated carbocycles. The first-order valence-corrected chi connectivity index (χ1v) is 8.33. The third kappa shape index (κ3) is 2.46. The van der Waals surface area contributed by atoms with Crippen molar-refractivity contribution in [3.8, 4) is 0 Å². The van der Waals surface area contributed by atoms with Gasteiger partial charge in [-0.3, -0.25) is 9.30 Å². The molecular weight excluding hydrogens is 276 g/mol. The monoisotopic (exact) mass is 300 g/mol. The van der Waals surface area contributed by atoms with E-state index in [0.717, 1.165) is 44.2 Å². The summed E-state index contributed by atoms with van der Waals surface area (Å²) in [4.78, 5) is 4.82. The molecule has 2 saturated heterocycles. The molecule has 1 N–H and O–H groups in total. The topological polar surface area (TPSA) is 48.7 Å². The number of aromatic nitrogens is 3. The minimum atomic E-state index is 0.397. The molecule has 1 atom stereocenters. The van der Waals surface area contributed by atoms with E-state index in [1.807, 2.05) is 0 Å². The zero-order valence-corrected chi connectivity index (χ0v) is 13.2. The third-order valence-corrected chi connectivity index (χ3v) is 4.97. The van der Waals surface area contributed by atoms with Crippen molar-refractivity contribution < 1.29 is 0 Å². The Kier molecular flexibility index (Phi) is 3.72. The van der Waals surface area contributed by atoms with Gasteiger partial charge in [0, 0.05) is 44.1 Å². The highest BCUT2D eigenvalue weighted by Gasteiger charge is 2.25. The summed E-state index contributed by atoms with van der Waals surface area (Å²) in [5.41, 5.74) is 2.22. The predicted molar refractivity (Wildman–Crippen MR) is 87.3 cm³/mol. The van der Waals surface area contributed by atoms with Crippen LogP contribution in [0.3, 0.4) is 0 Å². The van der Waals surface area contributed by atoms with Gasteiger partial charge in [0.2, 0.25) is 0 Å². The Morgan fingerprint density at radius 3 is 2.82 bits per heavy atom. The Bertz CT molecular complexity index is 645. The highest BCUT2D eigenvalue weighted by atomic mass is 15.3. The number of rotatable bonds is 2. The summed E-state index contributed by atoms with van der Waals surface area (Å²) in [5.74, 6) is 1.09. The van der Waals surface area contributed by atoms with Crippen LogP contribution in [0.1, 0.15) is 31.1 Å². The van der Waals surface area contributed by atoms with E-state index in [1.54, 1.807) is 0 Å². The number of likely N-dealkylation sites (tertiary alicyclic amines) is 1. The molecule has 0 amide bonds. The number of nitrogens with one attached hydrogen (secondary N) is 1. The Balaban J connectivity index is 1.65. The van der Waals surface area contributed by atoms with Crippen LogP contribution in [0.5, 0.6) is 0 Å². The molecule has 0 aliphatic carbocycles. The second-order valence-electron chi connectivity index (χ2n) is 6.40. The number of piperidine rings is 1. The minimum Gasteiger partial charge on any atom is -0.369 e. The molecule has 0 radical (unpaired) electrons. The second-order valence-corrected chi connectivity index (χ2v) is 6.40. The third-order valence-electron chi connectivity index (χ3n) is 4.97. The van der Waals surface area contributed by atoms with Crippen LogP contribution in [0.25, 0.3) is 5.65 Å². The van der Waals surface area contributed by atoms with Gasteiger partial charge in [-0.1, -0.05) is 6.42 Å².